The monoisotopic (exact) mass is 682 g/mol. The number of ketones is 2. The van der Waals surface area contributed by atoms with Gasteiger partial charge in [-0.3, -0.25) is 19.2 Å². The van der Waals surface area contributed by atoms with Crippen molar-refractivity contribution in [1.82, 2.24) is 0 Å². The number of amides is 1. The lowest BCUT2D eigenvalue weighted by molar-refractivity contribution is -0.147. The molecule has 11 heteroatoms. The van der Waals surface area contributed by atoms with Crippen molar-refractivity contribution in [3.63, 3.8) is 0 Å². The second-order valence-corrected chi connectivity index (χ2v) is 11.8. The smallest absolute Gasteiger partial charge is 0.311 e. The van der Waals surface area contributed by atoms with Crippen molar-refractivity contribution in [2.75, 3.05) is 36.5 Å². The van der Waals surface area contributed by atoms with Crippen LogP contribution in [0.15, 0.2) is 75.7 Å². The first kappa shape index (κ1) is 27.8. The lowest BCUT2D eigenvalue weighted by Crippen LogP contribution is -2.52. The summed E-state index contributed by atoms with van der Waals surface area (Å²) in [4.78, 5) is 56.6. The molecule has 0 bridgehead atoms. The number of nitrogens with one attached hydrogen (secondary N) is 1. The maximum absolute atomic E-state index is 14.0. The molecule has 2 saturated heterocycles. The standard InChI is InChI=1S/C30H24Br2N2O7/c31-21-10-5-16(15-22(21)32)25-23(28(37)33-17-6-8-18(9-7-17)34-11-13-40-14-12-34)24(29(38)39)30(41-25)26(35)19-3-1-2-4-20(19)27(30)36/h1-10,15,23-25H,11-14H2,(H,33,37)(H,38,39)/t23-,24-,25-/m1/s1. The van der Waals surface area contributed by atoms with Crippen molar-refractivity contribution >= 4 is 66.7 Å². The molecule has 2 heterocycles. The minimum Gasteiger partial charge on any atom is -0.481 e. The van der Waals surface area contributed by atoms with Crippen molar-refractivity contribution in [1.29, 1.82) is 0 Å². The zero-order valence-corrected chi connectivity index (χ0v) is 24.7. The van der Waals surface area contributed by atoms with Crippen LogP contribution in [0.25, 0.3) is 0 Å². The summed E-state index contributed by atoms with van der Waals surface area (Å²) in [7, 11) is 0. The first-order valence-electron chi connectivity index (χ1n) is 13.0. The predicted octanol–water partition coefficient (Wildman–Crippen LogP) is 4.89. The third-order valence-electron chi connectivity index (χ3n) is 7.88. The number of carboxylic acid groups (broad SMARTS) is 1. The number of carbonyl (C=O) groups excluding carboxylic acids is 3. The molecule has 2 aliphatic heterocycles. The van der Waals surface area contributed by atoms with Crippen molar-refractivity contribution in [2.45, 2.75) is 11.7 Å². The fourth-order valence-corrected chi connectivity index (χ4v) is 6.57. The highest BCUT2D eigenvalue weighted by Crippen LogP contribution is 2.54. The van der Waals surface area contributed by atoms with E-state index in [1.807, 2.05) is 12.1 Å². The van der Waals surface area contributed by atoms with Crippen LogP contribution in [0.4, 0.5) is 11.4 Å². The number of morpholine rings is 1. The van der Waals surface area contributed by atoms with E-state index < -0.39 is 47.0 Å². The summed E-state index contributed by atoms with van der Waals surface area (Å²) < 4.78 is 13.0. The number of anilines is 2. The molecule has 9 nitrogen and oxygen atoms in total. The molecule has 3 aromatic carbocycles. The molecule has 1 spiro atoms. The largest absolute Gasteiger partial charge is 0.481 e. The van der Waals surface area contributed by atoms with Crippen LogP contribution in [0.1, 0.15) is 32.4 Å². The lowest BCUT2D eigenvalue weighted by Gasteiger charge is -2.29. The van der Waals surface area contributed by atoms with Gasteiger partial charge in [0.15, 0.2) is 0 Å². The first-order valence-corrected chi connectivity index (χ1v) is 14.6. The van der Waals surface area contributed by atoms with E-state index in [1.54, 1.807) is 42.5 Å². The average molecular weight is 684 g/mol. The molecule has 0 aromatic heterocycles. The average Bonchev–Trinajstić information content (AvgIpc) is 3.45. The van der Waals surface area contributed by atoms with Crippen molar-refractivity contribution in [3.05, 3.63) is 92.4 Å². The quantitative estimate of drug-likeness (QED) is 0.365. The van der Waals surface area contributed by atoms with Gasteiger partial charge in [-0.25, -0.2) is 0 Å². The Morgan fingerprint density at radius 3 is 2.12 bits per heavy atom. The Kier molecular flexibility index (Phi) is 7.31. The number of carbonyl (C=O) groups is 4. The lowest BCUT2D eigenvalue weighted by atomic mass is 9.75. The Morgan fingerprint density at radius 1 is 0.902 bits per heavy atom. The fraction of sp³-hybridized carbons (Fsp3) is 0.267. The molecule has 2 fully saturated rings. The summed E-state index contributed by atoms with van der Waals surface area (Å²) in [5.41, 5.74) is -0.348. The number of nitrogens with zero attached hydrogens (tertiary/aromatic N) is 1. The number of rotatable bonds is 5. The fourth-order valence-electron chi connectivity index (χ4n) is 5.93. The summed E-state index contributed by atoms with van der Waals surface area (Å²) in [5, 5.41) is 13.3. The van der Waals surface area contributed by atoms with E-state index in [4.69, 9.17) is 9.47 Å². The Bertz CT molecular complexity index is 1530. The summed E-state index contributed by atoms with van der Waals surface area (Å²) in [6.45, 7) is 2.77. The first-order chi connectivity index (χ1) is 19.7. The Hall–Kier alpha value is -3.38. The molecule has 3 aromatic rings. The highest BCUT2D eigenvalue weighted by atomic mass is 79.9. The van der Waals surface area contributed by atoms with Crippen molar-refractivity contribution in [2.24, 2.45) is 11.8 Å². The van der Waals surface area contributed by atoms with E-state index in [9.17, 15) is 24.3 Å². The van der Waals surface area contributed by atoms with Gasteiger partial charge >= 0.3 is 5.97 Å². The highest BCUT2D eigenvalue weighted by molar-refractivity contribution is 9.13. The second-order valence-electron chi connectivity index (χ2n) is 10.1. The van der Waals surface area contributed by atoms with E-state index in [2.05, 4.69) is 42.1 Å². The molecule has 0 radical (unpaired) electrons. The molecule has 3 aliphatic rings. The van der Waals surface area contributed by atoms with Crippen molar-refractivity contribution in [3.8, 4) is 0 Å². The summed E-state index contributed by atoms with van der Waals surface area (Å²) in [5.74, 6) is -6.82. The van der Waals surface area contributed by atoms with Gasteiger partial charge in [0.2, 0.25) is 23.1 Å². The number of ether oxygens (including phenoxy) is 2. The number of hydrogen-bond donors (Lipinski definition) is 2. The van der Waals surface area contributed by atoms with Gasteiger partial charge in [0.1, 0.15) is 5.92 Å². The molecule has 210 valence electrons. The summed E-state index contributed by atoms with van der Waals surface area (Å²) >= 11 is 6.86. The zero-order valence-electron chi connectivity index (χ0n) is 21.5. The van der Waals surface area contributed by atoms with Crippen LogP contribution in [0.5, 0.6) is 0 Å². The third kappa shape index (κ3) is 4.61. The molecule has 1 amide bonds. The molecule has 1 aliphatic carbocycles. The van der Waals surface area contributed by atoms with Crippen LogP contribution in [0.3, 0.4) is 0 Å². The summed E-state index contributed by atoms with van der Waals surface area (Å²) in [6, 6.07) is 18.4. The highest BCUT2D eigenvalue weighted by Gasteiger charge is 2.71. The van der Waals surface area contributed by atoms with Gasteiger partial charge in [-0.15, -0.1) is 0 Å². The van der Waals surface area contributed by atoms with Crippen LogP contribution in [-0.2, 0) is 19.1 Å². The Labute approximate surface area is 252 Å². The van der Waals surface area contributed by atoms with Gasteiger partial charge in [0.05, 0.1) is 25.2 Å². The minimum atomic E-state index is -2.37. The number of halogens is 2. The van der Waals surface area contributed by atoms with E-state index in [0.29, 0.717) is 28.9 Å². The molecule has 0 unspecified atom stereocenters. The van der Waals surface area contributed by atoms with E-state index >= 15 is 0 Å². The normalized spacial score (nSPS) is 23.1. The molecule has 3 atom stereocenters. The van der Waals surface area contributed by atoms with E-state index in [-0.39, 0.29) is 11.1 Å². The Morgan fingerprint density at radius 2 is 1.54 bits per heavy atom. The van der Waals surface area contributed by atoms with Crippen LogP contribution >= 0.6 is 31.9 Å². The van der Waals surface area contributed by atoms with E-state index in [1.165, 1.54) is 12.1 Å². The number of carboxylic acids is 1. The van der Waals surface area contributed by atoms with Gasteiger partial charge in [-0.1, -0.05) is 30.3 Å². The topological polar surface area (TPSA) is 122 Å². The van der Waals surface area contributed by atoms with Crippen molar-refractivity contribution < 1.29 is 33.8 Å². The SMILES string of the molecule is O=C(Nc1ccc(N2CCOCC2)cc1)[C@H]1[C@@H](c2ccc(Br)c(Br)c2)OC2(C(=O)c3ccccc3C2=O)[C@H]1C(=O)O. The molecule has 6 rings (SSSR count). The third-order valence-corrected chi connectivity index (χ3v) is 9.76. The molecular weight excluding hydrogens is 660 g/mol. The maximum atomic E-state index is 14.0. The van der Waals surface area contributed by atoms with Gasteiger partial charge in [-0.05, 0) is 73.8 Å². The molecule has 0 saturated carbocycles. The van der Waals surface area contributed by atoms with Gasteiger partial charge in [-0.2, -0.15) is 0 Å². The minimum absolute atomic E-state index is 0.0826. The predicted molar refractivity (Wildman–Crippen MR) is 156 cm³/mol. The zero-order chi connectivity index (χ0) is 28.9. The van der Waals surface area contributed by atoms with Crippen LogP contribution in [-0.4, -0.2) is 60.5 Å². The van der Waals surface area contributed by atoms with Crippen LogP contribution in [0.2, 0.25) is 0 Å². The molecular formula is C30H24Br2N2O7. The number of Topliss-reactive ketones (excluding diaryl/α,β-unsaturated/α-hetero) is 2. The second kappa shape index (κ2) is 10.8. The summed E-state index contributed by atoms with van der Waals surface area (Å²) in [6.07, 6.45) is -1.20. The van der Waals surface area contributed by atoms with Gasteiger partial charge < -0.3 is 24.8 Å². The molecule has 2 N–H and O–H groups in total. The molecule has 41 heavy (non-hydrogen) atoms. The van der Waals surface area contributed by atoms with Crippen LogP contribution in [0, 0.1) is 11.8 Å². The Balaban J connectivity index is 1.39. The number of fused-ring (bicyclic) bond motifs is 1. The van der Waals surface area contributed by atoms with Crippen LogP contribution < -0.4 is 10.2 Å². The van der Waals surface area contributed by atoms with Gasteiger partial charge in [0, 0.05) is 44.5 Å². The number of benzene rings is 3. The van der Waals surface area contributed by atoms with Gasteiger partial charge in [0.25, 0.3) is 0 Å². The number of aliphatic carboxylic acids is 1. The number of hydrogen-bond acceptors (Lipinski definition) is 7. The maximum Gasteiger partial charge on any atom is 0.311 e. The van der Waals surface area contributed by atoms with E-state index in [0.717, 1.165) is 23.2 Å².